The number of pyridine rings is 6. The molecule has 1 aliphatic rings. The van der Waals surface area contributed by atoms with Gasteiger partial charge in [0.1, 0.15) is 35.8 Å². The lowest BCUT2D eigenvalue weighted by Crippen LogP contribution is -2.13. The number of ketones is 1. The molecule has 0 saturated carbocycles. The van der Waals surface area contributed by atoms with Crippen LogP contribution in [0.3, 0.4) is 0 Å². The van der Waals surface area contributed by atoms with Crippen molar-refractivity contribution in [1.29, 1.82) is 10.7 Å². The third-order valence-corrected chi connectivity index (χ3v) is 16.2. The highest BCUT2D eigenvalue weighted by atomic mass is 19.4. The predicted molar refractivity (Wildman–Crippen MR) is 421 cm³/mol. The van der Waals surface area contributed by atoms with Crippen LogP contribution in [0.2, 0.25) is 0 Å². The number of carboxylic acid groups (broad SMARTS) is 2. The number of amides is 1. The van der Waals surface area contributed by atoms with Crippen LogP contribution in [-0.4, -0.2) is 132 Å². The summed E-state index contributed by atoms with van der Waals surface area (Å²) in [6.45, 7) is 2.01. The van der Waals surface area contributed by atoms with E-state index in [0.717, 1.165) is 128 Å². The number of carbonyl (C=O) groups is 4. The average Bonchev–Trinajstić information content (AvgIpc) is 1.67. The first-order chi connectivity index (χ1) is 62.3. The number of nitrogens with one attached hydrogen (secondary N) is 2. The van der Waals surface area contributed by atoms with E-state index < -0.39 is 145 Å². The summed E-state index contributed by atoms with van der Waals surface area (Å²) in [6.07, 6.45) is -2.24. The number of aliphatic carboxylic acids is 1. The highest BCUT2D eigenvalue weighted by molar-refractivity contribution is 6.08. The van der Waals surface area contributed by atoms with Gasteiger partial charge in [-0.25, -0.2) is 18.4 Å². The van der Waals surface area contributed by atoms with Crippen molar-refractivity contribution in [1.82, 2.24) is 64.4 Å². The fraction of sp³-hybridized carbons (Fsp3) is 0.190. The molecule has 0 aliphatic carbocycles. The molecule has 1 saturated heterocycles. The van der Waals surface area contributed by atoms with Crippen LogP contribution < -0.4 is 22.5 Å². The standard InChI is InChI=1S/C20H13F4N5O2.C10H7F3N4O2.C10H9F3N4.C10H8FNO3.C7H3F3N2.C7H4F3NO2.C7H6F3NO.C5H10O.C3H5N3O2/c21-16-4-2-1-3-14(16)18-7-17(28-31-18)19(30)27-13-9-26-29(11-13)10-12-8-25-6-5-15(12)20(22,23)24;11-10(12,13)9-1-2-14-3-7(9)5-16-6-8(4-15-16)17(18)19;11-10(12,13)9-1-2-15-3-7(9)5-17-6-8(14)4-16-17;11-7-4-2-1-3-6(7)9(13)5-8(12)10(14)15;8-7(9,10)6-1-2-12-4-5(6)3-11;8-7(9,10)5-1-2-11-3-4(5)6(12)13;8-7(9,10)6-1-2-11-3-5(6)4-12;1-5-3-2-4-6-5;4-1-3(2-5)6(7)8/h1-9,11H,10H2,(H,27,30);1-4,6H,5H2;1-4,6H,5,14H2;1-5H,12H2,(H,14,15);1-2,4H;1-3H,(H,12,13);1-3,12H,4H2;5H,2-4H2,1H3;1-2,4H,5H2/b;;;;;;;;3-2+,4-1?. The zero-order valence-electron chi connectivity index (χ0n) is 67.2. The predicted octanol–water partition coefficient (Wildman–Crippen LogP) is 15.8. The van der Waals surface area contributed by atoms with Crippen molar-refractivity contribution in [3.63, 3.8) is 0 Å². The minimum atomic E-state index is -4.66. The summed E-state index contributed by atoms with van der Waals surface area (Å²) in [6, 6.07) is 18.8. The highest BCUT2D eigenvalue weighted by Crippen LogP contribution is 2.37. The SMILES string of the molecule is CC1CCCO1.N#Cc1cnccc1C(F)(F)F.N=C/C(=C\N)[N+](=O)[O-].NC(=CC(=O)c1ccccc1F)C(=O)O.Nc1cnn(Cc2cnccc2C(F)(F)F)c1.O=C(Nc1cnn(Cc2cnccc2C(F)(F)F)c1)c1cc(-c2ccccc2F)on1.O=C(O)c1cnccc1C(F)(F)F.O=[N+]([O-])c1cnn(Cc2cnccc2C(F)(F)F)c1.OCc1cnccc1C(F)(F)F. The Bertz CT molecular complexity index is 6020. The molecule has 133 heavy (non-hydrogen) atoms. The number of nitrogen functional groups attached to an aromatic ring is 1. The van der Waals surface area contributed by atoms with Gasteiger partial charge in [0.2, 0.25) is 0 Å². The smallest absolute Gasteiger partial charge is 0.417 e. The van der Waals surface area contributed by atoms with Crippen LogP contribution in [0.15, 0.2) is 231 Å². The molecule has 0 radical (unpaired) electrons. The minimum absolute atomic E-state index is 0.0140. The lowest BCUT2D eigenvalue weighted by molar-refractivity contribution is -0.414. The Morgan fingerprint density at radius 2 is 1.02 bits per heavy atom. The van der Waals surface area contributed by atoms with Crippen LogP contribution in [0.5, 0.6) is 0 Å². The Hall–Kier alpha value is -16.4. The van der Waals surface area contributed by atoms with Gasteiger partial charge in [-0.3, -0.25) is 73.8 Å². The number of carboxylic acids is 2. The molecule has 1 amide bonds. The van der Waals surface area contributed by atoms with Crippen molar-refractivity contribution in [2.24, 2.45) is 11.5 Å². The molecule has 1 aliphatic heterocycles. The van der Waals surface area contributed by atoms with E-state index in [-0.39, 0.29) is 75.8 Å². The van der Waals surface area contributed by atoms with Gasteiger partial charge in [0.05, 0.1) is 134 Å². The van der Waals surface area contributed by atoms with Crippen LogP contribution in [0.1, 0.15) is 112 Å². The molecule has 1 unspecified atom stereocenters. The van der Waals surface area contributed by atoms with E-state index in [1.54, 1.807) is 6.07 Å². The number of nitro groups is 2. The lowest BCUT2D eigenvalue weighted by Gasteiger charge is -2.11. The largest absolute Gasteiger partial charge is 0.478 e. The normalized spacial score (nSPS) is 12.4. The number of ether oxygens (including phenoxy) is 1. The third kappa shape index (κ3) is 35.0. The summed E-state index contributed by atoms with van der Waals surface area (Å²) in [5.74, 6) is -5.64. The second-order valence-corrected chi connectivity index (χ2v) is 25.7. The molecular formula is C79H65F20N21O13. The van der Waals surface area contributed by atoms with Crippen LogP contribution in [-0.2, 0) is 72.8 Å². The van der Waals surface area contributed by atoms with E-state index in [9.17, 15) is 127 Å². The van der Waals surface area contributed by atoms with Crippen molar-refractivity contribution in [2.75, 3.05) is 17.7 Å². The number of halogens is 20. The number of nitriles is 1. The third-order valence-electron chi connectivity index (χ3n) is 16.2. The number of nitrogens with zero attached hydrogens (tertiary/aromatic N) is 16. The number of aliphatic hydroxyl groups is 1. The summed E-state index contributed by atoms with van der Waals surface area (Å²) >= 11 is 0. The molecule has 13 rings (SSSR count). The summed E-state index contributed by atoms with van der Waals surface area (Å²) in [4.78, 5) is 84.3. The van der Waals surface area contributed by atoms with Crippen LogP contribution in [0, 0.1) is 48.6 Å². The molecule has 1 atom stereocenters. The molecular weight excluding hydrogens is 1830 g/mol. The molecule has 0 bridgehead atoms. The van der Waals surface area contributed by atoms with Crippen molar-refractivity contribution < 1.29 is 141 Å². The number of allylic oxidation sites excluding steroid dienone is 2. The highest BCUT2D eigenvalue weighted by Gasteiger charge is 2.39. The zero-order valence-corrected chi connectivity index (χ0v) is 67.2. The number of aromatic carboxylic acids is 1. The number of carbonyl (C=O) groups excluding carboxylic acids is 2. The Morgan fingerprint density at radius 1 is 0.586 bits per heavy atom. The van der Waals surface area contributed by atoms with Crippen LogP contribution >= 0.6 is 0 Å². The zero-order chi connectivity index (χ0) is 99.4. The van der Waals surface area contributed by atoms with Crippen molar-refractivity contribution in [2.45, 2.75) is 89.2 Å². The second-order valence-electron chi connectivity index (χ2n) is 25.7. The number of hydrogen-bond acceptors (Lipinski definition) is 26. The Kier molecular flexibility index (Phi) is 39.7. The van der Waals surface area contributed by atoms with E-state index in [1.165, 1.54) is 102 Å². The number of alkyl halides is 18. The first kappa shape index (κ1) is 107. The number of hydrogen-bond donors (Lipinski definition) is 8. The number of aromatic nitrogens is 13. The first-order valence-corrected chi connectivity index (χ1v) is 36.3. The fourth-order valence-electron chi connectivity index (χ4n) is 10.1. The topological polar surface area (TPSA) is 519 Å². The number of rotatable bonds is 17. The number of aliphatic hydroxyl groups excluding tert-OH is 1. The lowest BCUT2D eigenvalue weighted by atomic mass is 10.1. The Morgan fingerprint density at radius 3 is 1.39 bits per heavy atom. The molecule has 1 fully saturated rings. The maximum atomic E-state index is 13.8. The van der Waals surface area contributed by atoms with Gasteiger partial charge in [0, 0.05) is 128 Å². The second kappa shape index (κ2) is 49.2. The maximum Gasteiger partial charge on any atom is 0.417 e. The van der Waals surface area contributed by atoms with Crippen LogP contribution in [0.4, 0.5) is 105 Å². The molecule has 2 aromatic carbocycles. The maximum absolute atomic E-state index is 13.8. The van der Waals surface area contributed by atoms with E-state index in [0.29, 0.717) is 36.3 Å². The van der Waals surface area contributed by atoms with Gasteiger partial charge in [0.15, 0.2) is 17.2 Å². The Labute approximate surface area is 732 Å². The van der Waals surface area contributed by atoms with Crippen molar-refractivity contribution in [3.8, 4) is 17.4 Å². The van der Waals surface area contributed by atoms with Gasteiger partial charge in [-0.15, -0.1) is 0 Å². The quantitative estimate of drug-likeness (QED) is 0.0105. The van der Waals surface area contributed by atoms with Gasteiger partial charge >= 0.3 is 60.4 Å². The number of benzene rings is 2. The van der Waals surface area contributed by atoms with Gasteiger partial charge in [0.25, 0.3) is 5.91 Å². The number of nitrogens with two attached hydrogens (primary N) is 3. The minimum Gasteiger partial charge on any atom is -0.478 e. The molecule has 34 nitrogen and oxygen atoms in total. The first-order valence-electron chi connectivity index (χ1n) is 36.3. The Balaban J connectivity index is 0.000000274. The van der Waals surface area contributed by atoms with Crippen molar-refractivity contribution in [3.05, 3.63) is 336 Å². The molecule has 11 heterocycles. The molecule has 54 heteroatoms. The van der Waals surface area contributed by atoms with E-state index in [4.69, 9.17) is 52.5 Å². The summed E-state index contributed by atoms with van der Waals surface area (Å²) in [5, 5.41) is 77.7. The average molecular weight is 1900 g/mol. The molecule has 11 N–H and O–H groups in total. The van der Waals surface area contributed by atoms with E-state index >= 15 is 0 Å². The van der Waals surface area contributed by atoms with E-state index in [1.807, 2.05) is 0 Å². The summed E-state index contributed by atoms with van der Waals surface area (Å²) in [7, 11) is 0. The van der Waals surface area contributed by atoms with Crippen molar-refractivity contribution >= 4 is 46.9 Å². The van der Waals surface area contributed by atoms with Gasteiger partial charge in [-0.1, -0.05) is 29.4 Å². The molecule has 12 aromatic rings. The summed E-state index contributed by atoms with van der Waals surface area (Å²) in [5.41, 5.74) is 7.45. The molecule has 704 valence electrons. The van der Waals surface area contributed by atoms with E-state index in [2.05, 4.69) is 62.6 Å². The fourth-order valence-corrected chi connectivity index (χ4v) is 10.1. The monoisotopic (exact) mass is 1900 g/mol. The number of anilines is 2. The van der Waals surface area contributed by atoms with Gasteiger partial charge < -0.3 is 52.5 Å². The van der Waals surface area contributed by atoms with Crippen LogP contribution in [0.25, 0.3) is 11.3 Å². The van der Waals surface area contributed by atoms with Gasteiger partial charge in [-0.2, -0.15) is 99.6 Å². The molecule has 10 aromatic heterocycles. The van der Waals surface area contributed by atoms with Gasteiger partial charge in [-0.05, 0) is 80.4 Å². The molecule has 0 spiro atoms. The summed E-state index contributed by atoms with van der Waals surface area (Å²) < 4.78 is 265.